The molecule has 0 spiro atoms. The quantitative estimate of drug-likeness (QED) is 0.864. The van der Waals surface area contributed by atoms with E-state index in [2.05, 4.69) is 43.4 Å². The van der Waals surface area contributed by atoms with E-state index in [-0.39, 0.29) is 0 Å². The molecule has 104 valence electrons. The Morgan fingerprint density at radius 1 is 1.00 bits per heavy atom. The fourth-order valence-corrected chi connectivity index (χ4v) is 4.14. The molecule has 2 aliphatic carbocycles. The number of nitrogens with one attached hydrogen (secondary N) is 1. The van der Waals surface area contributed by atoms with Gasteiger partial charge in [-0.1, -0.05) is 51.0 Å². The van der Waals surface area contributed by atoms with Gasteiger partial charge in [0, 0.05) is 12.1 Å². The van der Waals surface area contributed by atoms with E-state index < -0.39 is 0 Å². The topological polar surface area (TPSA) is 12.0 Å². The maximum Gasteiger partial charge on any atom is 0.0151 e. The van der Waals surface area contributed by atoms with Crippen LogP contribution in [-0.4, -0.2) is 12.1 Å². The van der Waals surface area contributed by atoms with Crippen LogP contribution in [0.15, 0.2) is 24.3 Å². The summed E-state index contributed by atoms with van der Waals surface area (Å²) in [7, 11) is 0. The third-order valence-electron chi connectivity index (χ3n) is 5.18. The Balaban J connectivity index is 1.63. The molecule has 1 aromatic rings. The van der Waals surface area contributed by atoms with Gasteiger partial charge in [0.05, 0.1) is 0 Å². The van der Waals surface area contributed by atoms with E-state index in [0.717, 1.165) is 17.9 Å². The van der Waals surface area contributed by atoms with Crippen LogP contribution in [0.1, 0.15) is 50.7 Å². The highest BCUT2D eigenvalue weighted by Crippen LogP contribution is 2.32. The lowest BCUT2D eigenvalue weighted by molar-refractivity contribution is 0.193. The molecule has 19 heavy (non-hydrogen) atoms. The Bertz CT molecular complexity index is 398. The molecule has 0 heterocycles. The first kappa shape index (κ1) is 13.2. The molecule has 0 bridgehead atoms. The second kappa shape index (κ2) is 5.66. The van der Waals surface area contributed by atoms with Gasteiger partial charge in [0.25, 0.3) is 0 Å². The Kier molecular flexibility index (Phi) is 3.93. The monoisotopic (exact) mass is 257 g/mol. The summed E-state index contributed by atoms with van der Waals surface area (Å²) in [6.45, 7) is 4.79. The highest BCUT2D eigenvalue weighted by molar-refractivity contribution is 5.33. The minimum absolute atomic E-state index is 0.682. The molecule has 2 unspecified atom stereocenters. The summed E-state index contributed by atoms with van der Waals surface area (Å²) in [5.74, 6) is 1.71. The lowest BCUT2D eigenvalue weighted by atomic mass is 9.77. The number of hydrogen-bond acceptors (Lipinski definition) is 1. The van der Waals surface area contributed by atoms with Gasteiger partial charge in [-0.25, -0.2) is 0 Å². The highest BCUT2D eigenvalue weighted by atomic mass is 15.0. The zero-order valence-electron chi connectivity index (χ0n) is 12.4. The van der Waals surface area contributed by atoms with Gasteiger partial charge in [0.2, 0.25) is 0 Å². The van der Waals surface area contributed by atoms with Crippen LogP contribution in [0.2, 0.25) is 0 Å². The fraction of sp³-hybridized carbons (Fsp3) is 0.667. The van der Waals surface area contributed by atoms with Crippen molar-refractivity contribution >= 4 is 0 Å². The molecule has 0 saturated heterocycles. The minimum atomic E-state index is 0.682. The first-order valence-electron chi connectivity index (χ1n) is 8.07. The standard InChI is InChI=1S/C18H27N/c1-13(2)17-9-5-6-10-18(17)19-16-11-14-7-3-4-8-15(14)12-16/h3-4,7-8,13,16-19H,5-6,9-12H2,1-2H3. The maximum absolute atomic E-state index is 4.00. The van der Waals surface area contributed by atoms with Crippen LogP contribution >= 0.6 is 0 Å². The van der Waals surface area contributed by atoms with Crippen molar-refractivity contribution in [3.63, 3.8) is 0 Å². The van der Waals surface area contributed by atoms with E-state index in [1.54, 1.807) is 11.1 Å². The molecule has 1 N–H and O–H groups in total. The summed E-state index contributed by atoms with van der Waals surface area (Å²) < 4.78 is 0. The van der Waals surface area contributed by atoms with Crippen LogP contribution < -0.4 is 5.32 Å². The second-order valence-electron chi connectivity index (χ2n) is 6.84. The predicted octanol–water partition coefficient (Wildman–Crippen LogP) is 3.96. The van der Waals surface area contributed by atoms with Crippen LogP contribution in [0, 0.1) is 11.8 Å². The molecule has 2 aliphatic rings. The van der Waals surface area contributed by atoms with Crippen molar-refractivity contribution in [2.24, 2.45) is 11.8 Å². The van der Waals surface area contributed by atoms with Gasteiger partial charge in [-0.15, -0.1) is 0 Å². The third kappa shape index (κ3) is 2.86. The van der Waals surface area contributed by atoms with E-state index in [0.29, 0.717) is 6.04 Å². The van der Waals surface area contributed by atoms with Crippen LogP contribution in [0.4, 0.5) is 0 Å². The van der Waals surface area contributed by atoms with Crippen LogP contribution in [0.5, 0.6) is 0 Å². The van der Waals surface area contributed by atoms with E-state index in [1.165, 1.54) is 38.5 Å². The molecule has 1 nitrogen and oxygen atoms in total. The number of rotatable bonds is 3. The predicted molar refractivity (Wildman–Crippen MR) is 81.4 cm³/mol. The van der Waals surface area contributed by atoms with Crippen molar-refractivity contribution in [3.8, 4) is 0 Å². The van der Waals surface area contributed by atoms with Gasteiger partial charge in [-0.05, 0) is 48.6 Å². The molecule has 0 aliphatic heterocycles. The zero-order chi connectivity index (χ0) is 13.2. The van der Waals surface area contributed by atoms with Gasteiger partial charge in [0.15, 0.2) is 0 Å². The van der Waals surface area contributed by atoms with Crippen molar-refractivity contribution in [3.05, 3.63) is 35.4 Å². The normalized spacial score (nSPS) is 27.7. The summed E-state index contributed by atoms with van der Waals surface area (Å²) in [5, 5.41) is 4.00. The van der Waals surface area contributed by atoms with Gasteiger partial charge < -0.3 is 5.32 Å². The van der Waals surface area contributed by atoms with Crippen molar-refractivity contribution < 1.29 is 0 Å². The minimum Gasteiger partial charge on any atom is -0.310 e. The smallest absolute Gasteiger partial charge is 0.0151 e. The van der Waals surface area contributed by atoms with E-state index in [4.69, 9.17) is 0 Å². The summed E-state index contributed by atoms with van der Waals surface area (Å²) in [4.78, 5) is 0. The summed E-state index contributed by atoms with van der Waals surface area (Å²) >= 11 is 0. The molecule has 1 aromatic carbocycles. The molecule has 3 rings (SSSR count). The largest absolute Gasteiger partial charge is 0.310 e. The Morgan fingerprint density at radius 3 is 2.26 bits per heavy atom. The van der Waals surface area contributed by atoms with Gasteiger partial charge in [0.1, 0.15) is 0 Å². The molecule has 0 amide bonds. The van der Waals surface area contributed by atoms with Gasteiger partial charge in [-0.3, -0.25) is 0 Å². The highest BCUT2D eigenvalue weighted by Gasteiger charge is 2.30. The Morgan fingerprint density at radius 2 is 1.63 bits per heavy atom. The molecular weight excluding hydrogens is 230 g/mol. The molecule has 2 atom stereocenters. The second-order valence-corrected chi connectivity index (χ2v) is 6.84. The third-order valence-corrected chi connectivity index (χ3v) is 5.18. The summed E-state index contributed by atoms with van der Waals surface area (Å²) in [6, 6.07) is 10.4. The zero-order valence-corrected chi connectivity index (χ0v) is 12.4. The lowest BCUT2D eigenvalue weighted by Gasteiger charge is -2.36. The molecule has 1 fully saturated rings. The molecule has 1 saturated carbocycles. The first-order valence-corrected chi connectivity index (χ1v) is 8.07. The molecule has 1 heteroatoms. The summed E-state index contributed by atoms with van der Waals surface area (Å²) in [6.07, 6.45) is 8.13. The molecule has 0 radical (unpaired) electrons. The fourth-order valence-electron chi connectivity index (χ4n) is 4.14. The SMILES string of the molecule is CC(C)C1CCCCC1NC1Cc2ccccc2C1. The van der Waals surface area contributed by atoms with Gasteiger partial charge in [-0.2, -0.15) is 0 Å². The van der Waals surface area contributed by atoms with Crippen molar-refractivity contribution in [2.45, 2.75) is 64.5 Å². The Labute approximate surface area is 117 Å². The van der Waals surface area contributed by atoms with Crippen molar-refractivity contribution in [1.82, 2.24) is 5.32 Å². The van der Waals surface area contributed by atoms with Crippen LogP contribution in [0.3, 0.4) is 0 Å². The van der Waals surface area contributed by atoms with Crippen LogP contribution in [-0.2, 0) is 12.8 Å². The molecular formula is C18H27N. The lowest BCUT2D eigenvalue weighted by Crippen LogP contribution is -2.46. The summed E-state index contributed by atoms with van der Waals surface area (Å²) in [5.41, 5.74) is 3.13. The molecule has 0 aromatic heterocycles. The van der Waals surface area contributed by atoms with Gasteiger partial charge >= 0.3 is 0 Å². The maximum atomic E-state index is 4.00. The Hall–Kier alpha value is -0.820. The average molecular weight is 257 g/mol. The van der Waals surface area contributed by atoms with E-state index >= 15 is 0 Å². The van der Waals surface area contributed by atoms with E-state index in [1.807, 2.05) is 0 Å². The number of fused-ring (bicyclic) bond motifs is 1. The van der Waals surface area contributed by atoms with Crippen LogP contribution in [0.25, 0.3) is 0 Å². The number of benzene rings is 1. The van der Waals surface area contributed by atoms with Crippen molar-refractivity contribution in [1.29, 1.82) is 0 Å². The number of hydrogen-bond donors (Lipinski definition) is 1. The first-order chi connectivity index (χ1) is 9.24. The van der Waals surface area contributed by atoms with E-state index in [9.17, 15) is 0 Å². The average Bonchev–Trinajstić information content (AvgIpc) is 2.81. The van der Waals surface area contributed by atoms with Crippen molar-refractivity contribution in [2.75, 3.05) is 0 Å².